The van der Waals surface area contributed by atoms with Gasteiger partial charge in [-0.2, -0.15) is 0 Å². The molecule has 17 heavy (non-hydrogen) atoms. The van der Waals surface area contributed by atoms with Gasteiger partial charge in [0.15, 0.2) is 0 Å². The summed E-state index contributed by atoms with van der Waals surface area (Å²) in [6.45, 7) is 5.25. The van der Waals surface area contributed by atoms with E-state index in [0.29, 0.717) is 18.2 Å². The Kier molecular flexibility index (Phi) is 4.60. The summed E-state index contributed by atoms with van der Waals surface area (Å²) < 4.78 is 6.75. The third kappa shape index (κ3) is 3.54. The molecule has 1 aliphatic rings. The predicted octanol–water partition coefficient (Wildman–Crippen LogP) is 3.67. The molecule has 0 radical (unpaired) electrons. The molecule has 0 bridgehead atoms. The van der Waals surface area contributed by atoms with Crippen LogP contribution in [0.2, 0.25) is 0 Å². The minimum atomic E-state index is 0.376. The van der Waals surface area contributed by atoms with Crippen LogP contribution in [-0.2, 0) is 4.74 Å². The molecule has 1 fully saturated rings. The van der Waals surface area contributed by atoms with Crippen LogP contribution in [0.1, 0.15) is 38.3 Å². The number of hydrogen-bond donors (Lipinski definition) is 1. The van der Waals surface area contributed by atoms with Crippen LogP contribution in [0.25, 0.3) is 0 Å². The highest BCUT2D eigenvalue weighted by Gasteiger charge is 2.21. The van der Waals surface area contributed by atoms with Crippen LogP contribution in [0.15, 0.2) is 28.7 Å². The molecular weight excluding hydrogens is 278 g/mol. The molecule has 2 rings (SSSR count). The van der Waals surface area contributed by atoms with Gasteiger partial charge in [-0.3, -0.25) is 0 Å². The van der Waals surface area contributed by atoms with Gasteiger partial charge in [-0.1, -0.05) is 34.1 Å². The fraction of sp³-hybridized carbons (Fsp3) is 0.571. The van der Waals surface area contributed by atoms with Gasteiger partial charge in [0.05, 0.1) is 6.10 Å². The van der Waals surface area contributed by atoms with Gasteiger partial charge < -0.3 is 10.1 Å². The van der Waals surface area contributed by atoms with Crippen LogP contribution < -0.4 is 5.32 Å². The number of hydrogen-bond acceptors (Lipinski definition) is 2. The maximum atomic E-state index is 5.57. The highest BCUT2D eigenvalue weighted by molar-refractivity contribution is 9.10. The molecule has 0 saturated carbocycles. The van der Waals surface area contributed by atoms with Crippen LogP contribution >= 0.6 is 15.9 Å². The minimum absolute atomic E-state index is 0.376. The van der Waals surface area contributed by atoms with Crippen molar-refractivity contribution < 1.29 is 4.74 Å². The topological polar surface area (TPSA) is 21.3 Å². The van der Waals surface area contributed by atoms with Gasteiger partial charge in [-0.05, 0) is 38.3 Å². The normalized spacial score (nSPS) is 26.8. The number of ether oxygens (including phenoxy) is 1. The van der Waals surface area contributed by atoms with Crippen molar-refractivity contribution >= 4 is 15.9 Å². The average molecular weight is 298 g/mol. The molecule has 1 aliphatic heterocycles. The van der Waals surface area contributed by atoms with Crippen molar-refractivity contribution in [2.45, 2.75) is 44.9 Å². The monoisotopic (exact) mass is 297 g/mol. The van der Waals surface area contributed by atoms with Gasteiger partial charge in [-0.25, -0.2) is 0 Å². The van der Waals surface area contributed by atoms with Gasteiger partial charge in [0, 0.05) is 23.2 Å². The number of rotatable bonds is 3. The van der Waals surface area contributed by atoms with Crippen molar-refractivity contribution in [2.75, 3.05) is 6.61 Å². The molecule has 0 aromatic heterocycles. The maximum absolute atomic E-state index is 5.57. The van der Waals surface area contributed by atoms with Crippen molar-refractivity contribution in [2.24, 2.45) is 0 Å². The van der Waals surface area contributed by atoms with E-state index < -0.39 is 0 Å². The van der Waals surface area contributed by atoms with Crippen molar-refractivity contribution in [3.63, 3.8) is 0 Å². The van der Waals surface area contributed by atoms with Crippen molar-refractivity contribution in [1.29, 1.82) is 0 Å². The summed E-state index contributed by atoms with van der Waals surface area (Å²) in [5.74, 6) is 0. The first-order chi connectivity index (χ1) is 8.16. The third-order valence-electron chi connectivity index (χ3n) is 3.34. The summed E-state index contributed by atoms with van der Waals surface area (Å²) in [4.78, 5) is 0. The lowest BCUT2D eigenvalue weighted by atomic mass is 10.0. The molecule has 0 aliphatic carbocycles. The van der Waals surface area contributed by atoms with Gasteiger partial charge in [-0.15, -0.1) is 0 Å². The summed E-state index contributed by atoms with van der Waals surface area (Å²) >= 11 is 3.61. The molecule has 1 N–H and O–H groups in total. The fourth-order valence-electron chi connectivity index (χ4n) is 2.42. The first kappa shape index (κ1) is 13.1. The maximum Gasteiger partial charge on any atom is 0.0561 e. The summed E-state index contributed by atoms with van der Waals surface area (Å²) in [6, 6.07) is 9.36. The molecule has 3 atom stereocenters. The standard InChI is InChI=1S/C14H20BrNO/c1-10-9-12(7-8-17-10)16-11(2)13-5-3-4-6-14(13)15/h3-6,10-12,16H,7-9H2,1-2H3. The fourth-order valence-corrected chi connectivity index (χ4v) is 3.05. The summed E-state index contributed by atoms with van der Waals surface area (Å²) in [5, 5.41) is 3.70. The van der Waals surface area contributed by atoms with E-state index in [2.05, 4.69) is 59.4 Å². The van der Waals surface area contributed by atoms with Crippen LogP contribution in [0.5, 0.6) is 0 Å². The number of halogens is 1. The molecule has 3 unspecified atom stereocenters. The Labute approximate surface area is 112 Å². The zero-order valence-corrected chi connectivity index (χ0v) is 12.0. The second-order valence-corrected chi connectivity index (χ2v) is 5.67. The lowest BCUT2D eigenvalue weighted by Gasteiger charge is -2.30. The summed E-state index contributed by atoms with van der Waals surface area (Å²) in [5.41, 5.74) is 1.33. The van der Waals surface area contributed by atoms with E-state index in [1.807, 2.05) is 0 Å². The molecule has 1 saturated heterocycles. The Bertz CT molecular complexity index is 369. The predicted molar refractivity (Wildman–Crippen MR) is 74.1 cm³/mol. The quantitative estimate of drug-likeness (QED) is 0.919. The number of benzene rings is 1. The Hall–Kier alpha value is -0.380. The molecule has 3 heteroatoms. The highest BCUT2D eigenvalue weighted by atomic mass is 79.9. The van der Waals surface area contributed by atoms with Crippen molar-refractivity contribution in [1.82, 2.24) is 5.32 Å². The molecule has 0 amide bonds. The van der Waals surface area contributed by atoms with Crippen LogP contribution in [0.4, 0.5) is 0 Å². The van der Waals surface area contributed by atoms with E-state index >= 15 is 0 Å². The lowest BCUT2D eigenvalue weighted by molar-refractivity contribution is 0.0116. The van der Waals surface area contributed by atoms with Crippen LogP contribution in [0.3, 0.4) is 0 Å². The molecule has 1 aromatic rings. The molecule has 2 nitrogen and oxygen atoms in total. The molecule has 1 aromatic carbocycles. The van der Waals surface area contributed by atoms with Gasteiger partial charge in [0.25, 0.3) is 0 Å². The van der Waals surface area contributed by atoms with E-state index in [-0.39, 0.29) is 0 Å². The van der Waals surface area contributed by atoms with Gasteiger partial charge >= 0.3 is 0 Å². The highest BCUT2D eigenvalue weighted by Crippen LogP contribution is 2.24. The van der Waals surface area contributed by atoms with E-state index in [4.69, 9.17) is 4.74 Å². The SMILES string of the molecule is CC1CC(NC(C)c2ccccc2Br)CCO1. The summed E-state index contributed by atoms with van der Waals surface area (Å²) in [7, 11) is 0. The first-order valence-corrected chi connectivity index (χ1v) is 7.08. The van der Waals surface area contributed by atoms with Gasteiger partial charge in [0.1, 0.15) is 0 Å². The van der Waals surface area contributed by atoms with Crippen molar-refractivity contribution in [3.8, 4) is 0 Å². The lowest BCUT2D eigenvalue weighted by Crippen LogP contribution is -2.39. The van der Waals surface area contributed by atoms with Gasteiger partial charge in [0.2, 0.25) is 0 Å². The minimum Gasteiger partial charge on any atom is -0.378 e. The first-order valence-electron chi connectivity index (χ1n) is 6.29. The number of nitrogens with one attached hydrogen (secondary N) is 1. The Morgan fingerprint density at radius 2 is 2.18 bits per heavy atom. The Morgan fingerprint density at radius 3 is 2.88 bits per heavy atom. The molecule has 94 valence electrons. The smallest absolute Gasteiger partial charge is 0.0561 e. The van der Waals surface area contributed by atoms with E-state index in [0.717, 1.165) is 19.4 Å². The average Bonchev–Trinajstić information content (AvgIpc) is 2.29. The Balaban J connectivity index is 1.97. The molecular formula is C14H20BrNO. The summed E-state index contributed by atoms with van der Waals surface area (Å²) in [6.07, 6.45) is 2.60. The van der Waals surface area contributed by atoms with Crippen molar-refractivity contribution in [3.05, 3.63) is 34.3 Å². The third-order valence-corrected chi connectivity index (χ3v) is 4.06. The zero-order chi connectivity index (χ0) is 12.3. The molecule has 0 spiro atoms. The molecule has 1 heterocycles. The van der Waals surface area contributed by atoms with E-state index in [1.54, 1.807) is 0 Å². The Morgan fingerprint density at radius 1 is 1.41 bits per heavy atom. The second kappa shape index (κ2) is 5.98. The van der Waals surface area contributed by atoms with E-state index in [1.165, 1.54) is 10.0 Å². The van der Waals surface area contributed by atoms with Crippen LogP contribution in [0, 0.1) is 0 Å². The van der Waals surface area contributed by atoms with E-state index in [9.17, 15) is 0 Å². The van der Waals surface area contributed by atoms with Crippen LogP contribution in [-0.4, -0.2) is 18.8 Å². The largest absolute Gasteiger partial charge is 0.378 e. The zero-order valence-electron chi connectivity index (χ0n) is 10.4. The second-order valence-electron chi connectivity index (χ2n) is 4.81.